The number of piperidine rings is 1. The number of hydrogen-bond donors (Lipinski definition) is 2. The van der Waals surface area contributed by atoms with Crippen LogP contribution in [0, 0.1) is 5.92 Å². The summed E-state index contributed by atoms with van der Waals surface area (Å²) >= 11 is 1.26. The van der Waals surface area contributed by atoms with Crippen LogP contribution in [0.25, 0.3) is 10.3 Å². The molecule has 0 radical (unpaired) electrons. The van der Waals surface area contributed by atoms with Crippen LogP contribution in [0.15, 0.2) is 35.4 Å². The van der Waals surface area contributed by atoms with Crippen LogP contribution in [-0.4, -0.2) is 52.6 Å². The number of fused-ring (bicyclic) bond motifs is 1. The maximum absolute atomic E-state index is 13.0. The SMILES string of the molecule is COc1ccc(CNC(=O)Cn2cnc3nc(N4CCCC(C(=O)NC(C)C)C4)sc3c2=O)cc1. The van der Waals surface area contributed by atoms with Gasteiger partial charge in [-0.15, -0.1) is 0 Å². The summed E-state index contributed by atoms with van der Waals surface area (Å²) in [5.74, 6) is 0.391. The van der Waals surface area contributed by atoms with E-state index in [-0.39, 0.29) is 35.9 Å². The van der Waals surface area contributed by atoms with E-state index >= 15 is 0 Å². The lowest BCUT2D eigenvalue weighted by atomic mass is 9.97. The van der Waals surface area contributed by atoms with Gasteiger partial charge in [-0.25, -0.2) is 4.98 Å². The van der Waals surface area contributed by atoms with Crippen molar-refractivity contribution in [2.75, 3.05) is 25.1 Å². The summed E-state index contributed by atoms with van der Waals surface area (Å²) in [7, 11) is 1.60. The van der Waals surface area contributed by atoms with Gasteiger partial charge in [0.25, 0.3) is 5.56 Å². The van der Waals surface area contributed by atoms with Gasteiger partial charge in [0.2, 0.25) is 11.8 Å². The van der Waals surface area contributed by atoms with Crippen LogP contribution in [0.5, 0.6) is 5.75 Å². The lowest BCUT2D eigenvalue weighted by molar-refractivity contribution is -0.125. The van der Waals surface area contributed by atoms with Crippen molar-refractivity contribution >= 4 is 38.6 Å². The van der Waals surface area contributed by atoms with Crippen LogP contribution in [0.3, 0.4) is 0 Å². The number of hydrogen-bond acceptors (Lipinski definition) is 8. The summed E-state index contributed by atoms with van der Waals surface area (Å²) in [4.78, 5) is 48.8. The van der Waals surface area contributed by atoms with E-state index in [1.165, 1.54) is 22.2 Å². The van der Waals surface area contributed by atoms with Gasteiger partial charge in [0.1, 0.15) is 23.3 Å². The predicted octanol–water partition coefficient (Wildman–Crippen LogP) is 1.92. The Kier molecular flexibility index (Phi) is 7.64. The Labute approximate surface area is 207 Å². The number of methoxy groups -OCH3 is 1. The van der Waals surface area contributed by atoms with Crippen LogP contribution >= 0.6 is 11.3 Å². The number of anilines is 1. The first-order chi connectivity index (χ1) is 16.8. The standard InChI is InChI=1S/C24H30N6O4S/c1-15(2)27-22(32)17-5-4-10-29(12-17)24-28-21-20(35-24)23(33)30(14-26-21)13-19(31)25-11-16-6-8-18(34-3)9-7-16/h6-9,14-15,17H,4-5,10-13H2,1-3H3,(H,25,31)(H,27,32). The van der Waals surface area contributed by atoms with Crippen LogP contribution in [0.4, 0.5) is 5.13 Å². The number of benzene rings is 1. The average Bonchev–Trinajstić information content (AvgIpc) is 3.30. The van der Waals surface area contributed by atoms with E-state index in [4.69, 9.17) is 4.74 Å². The van der Waals surface area contributed by atoms with Crippen molar-refractivity contribution in [3.05, 3.63) is 46.5 Å². The summed E-state index contributed by atoms with van der Waals surface area (Å²) in [5, 5.41) is 6.47. The number of nitrogens with zero attached hydrogens (tertiary/aromatic N) is 4. The summed E-state index contributed by atoms with van der Waals surface area (Å²) in [6.45, 7) is 5.43. The summed E-state index contributed by atoms with van der Waals surface area (Å²) in [5.41, 5.74) is 0.984. The minimum Gasteiger partial charge on any atom is -0.497 e. The summed E-state index contributed by atoms with van der Waals surface area (Å²) in [6.07, 6.45) is 3.06. The molecule has 186 valence electrons. The molecule has 10 nitrogen and oxygen atoms in total. The first-order valence-corrected chi connectivity index (χ1v) is 12.5. The Bertz CT molecular complexity index is 1250. The van der Waals surface area contributed by atoms with Crippen molar-refractivity contribution < 1.29 is 14.3 Å². The molecule has 0 saturated carbocycles. The number of ether oxygens (including phenoxy) is 1. The van der Waals surface area contributed by atoms with Gasteiger partial charge in [0.15, 0.2) is 10.8 Å². The Hall–Kier alpha value is -3.47. The van der Waals surface area contributed by atoms with Gasteiger partial charge in [0, 0.05) is 25.7 Å². The molecule has 1 aliphatic heterocycles. The Balaban J connectivity index is 1.42. The molecule has 3 heterocycles. The van der Waals surface area contributed by atoms with Crippen LogP contribution < -0.4 is 25.8 Å². The second-order valence-electron chi connectivity index (χ2n) is 8.90. The fourth-order valence-corrected chi connectivity index (χ4v) is 5.01. The third-order valence-corrected chi connectivity index (χ3v) is 6.92. The highest BCUT2D eigenvalue weighted by molar-refractivity contribution is 7.22. The lowest BCUT2D eigenvalue weighted by Crippen LogP contribution is -2.44. The zero-order chi connectivity index (χ0) is 24.9. The molecule has 11 heteroatoms. The maximum atomic E-state index is 13.0. The van der Waals surface area contributed by atoms with E-state index < -0.39 is 0 Å². The molecule has 4 rings (SSSR count). The molecule has 1 aromatic carbocycles. The van der Waals surface area contributed by atoms with E-state index in [0.717, 1.165) is 30.7 Å². The second-order valence-corrected chi connectivity index (χ2v) is 9.88. The highest BCUT2D eigenvalue weighted by Crippen LogP contribution is 2.29. The van der Waals surface area contributed by atoms with Crippen molar-refractivity contribution in [2.45, 2.75) is 45.8 Å². The molecule has 1 aliphatic rings. The minimum absolute atomic E-state index is 0.0481. The molecule has 3 aromatic rings. The van der Waals surface area contributed by atoms with Crippen LogP contribution in [0.2, 0.25) is 0 Å². The van der Waals surface area contributed by atoms with Crippen molar-refractivity contribution in [2.24, 2.45) is 5.92 Å². The normalized spacial score (nSPS) is 15.9. The van der Waals surface area contributed by atoms with Crippen LogP contribution in [-0.2, 0) is 22.7 Å². The van der Waals surface area contributed by atoms with Gasteiger partial charge in [-0.3, -0.25) is 19.0 Å². The predicted molar refractivity (Wildman–Crippen MR) is 135 cm³/mol. The van der Waals surface area contributed by atoms with Gasteiger partial charge in [-0.1, -0.05) is 23.5 Å². The van der Waals surface area contributed by atoms with Gasteiger partial charge >= 0.3 is 0 Å². The largest absolute Gasteiger partial charge is 0.497 e. The number of nitrogens with one attached hydrogen (secondary N) is 2. The Morgan fingerprint density at radius 3 is 2.74 bits per heavy atom. The van der Waals surface area contributed by atoms with E-state index in [1.807, 2.05) is 43.0 Å². The molecule has 35 heavy (non-hydrogen) atoms. The quantitative estimate of drug-likeness (QED) is 0.487. The molecule has 1 fully saturated rings. The van der Waals surface area contributed by atoms with E-state index in [1.54, 1.807) is 7.11 Å². The van der Waals surface area contributed by atoms with Gasteiger partial charge < -0.3 is 20.3 Å². The maximum Gasteiger partial charge on any atom is 0.273 e. The Morgan fingerprint density at radius 2 is 2.03 bits per heavy atom. The molecular formula is C24H30N6O4S. The van der Waals surface area contributed by atoms with Gasteiger partial charge in [-0.05, 0) is 44.4 Å². The minimum atomic E-state index is -0.301. The molecule has 1 saturated heterocycles. The molecule has 0 spiro atoms. The van der Waals surface area contributed by atoms with E-state index in [2.05, 4.69) is 20.6 Å². The van der Waals surface area contributed by atoms with Crippen molar-refractivity contribution in [1.82, 2.24) is 25.2 Å². The smallest absolute Gasteiger partial charge is 0.273 e. The molecule has 2 aromatic heterocycles. The summed E-state index contributed by atoms with van der Waals surface area (Å²) < 4.78 is 6.83. The van der Waals surface area contributed by atoms with Crippen LogP contribution in [0.1, 0.15) is 32.3 Å². The highest BCUT2D eigenvalue weighted by Gasteiger charge is 2.28. The second kappa shape index (κ2) is 10.9. The zero-order valence-corrected chi connectivity index (χ0v) is 20.9. The zero-order valence-electron chi connectivity index (χ0n) is 20.1. The van der Waals surface area contributed by atoms with E-state index in [9.17, 15) is 14.4 Å². The Morgan fingerprint density at radius 1 is 1.26 bits per heavy atom. The van der Waals surface area contributed by atoms with Crippen molar-refractivity contribution in [1.29, 1.82) is 0 Å². The highest BCUT2D eigenvalue weighted by atomic mass is 32.1. The molecule has 2 N–H and O–H groups in total. The first kappa shape index (κ1) is 24.6. The topological polar surface area (TPSA) is 118 Å². The lowest BCUT2D eigenvalue weighted by Gasteiger charge is -2.32. The molecule has 0 aliphatic carbocycles. The number of thiazole rings is 1. The van der Waals surface area contributed by atoms with Crippen molar-refractivity contribution in [3.8, 4) is 5.75 Å². The molecule has 0 bridgehead atoms. The number of aromatic nitrogens is 3. The van der Waals surface area contributed by atoms with Gasteiger partial charge in [0.05, 0.1) is 13.0 Å². The molecule has 1 unspecified atom stereocenters. The van der Waals surface area contributed by atoms with Gasteiger partial charge in [-0.2, -0.15) is 4.98 Å². The monoisotopic (exact) mass is 498 g/mol. The molecule has 2 amide bonds. The first-order valence-electron chi connectivity index (χ1n) is 11.6. The van der Waals surface area contributed by atoms with Crippen molar-refractivity contribution in [3.63, 3.8) is 0 Å². The third kappa shape index (κ3) is 5.97. The fraction of sp³-hybridized carbons (Fsp3) is 0.458. The van der Waals surface area contributed by atoms with E-state index in [0.29, 0.717) is 28.6 Å². The molecular weight excluding hydrogens is 468 g/mol. The number of carbonyl (C=O) groups is 2. The number of carbonyl (C=O) groups excluding carboxylic acids is 2. The third-order valence-electron chi connectivity index (χ3n) is 5.83. The number of rotatable bonds is 8. The number of amides is 2. The average molecular weight is 499 g/mol. The fourth-order valence-electron chi connectivity index (χ4n) is 4.00. The molecule has 1 atom stereocenters. The summed E-state index contributed by atoms with van der Waals surface area (Å²) in [6, 6.07) is 7.49.